The van der Waals surface area contributed by atoms with E-state index in [0.29, 0.717) is 5.82 Å². The van der Waals surface area contributed by atoms with Crippen LogP contribution in [0.5, 0.6) is 0 Å². The number of nitrogens with one attached hydrogen (secondary N) is 2. The quantitative estimate of drug-likeness (QED) is 0.820. The molecule has 0 unspecified atom stereocenters. The minimum absolute atomic E-state index is 0.153. The molecule has 0 aromatic carbocycles. The molecule has 0 spiro atoms. The molecule has 5 heteroatoms. The first kappa shape index (κ1) is 12.1. The maximum atomic E-state index is 11.5. The van der Waals surface area contributed by atoms with E-state index in [1.54, 1.807) is 12.4 Å². The van der Waals surface area contributed by atoms with E-state index in [0.717, 1.165) is 6.54 Å². The van der Waals surface area contributed by atoms with Crippen LogP contribution in [-0.2, 0) is 0 Å². The molecule has 1 aromatic heterocycles. The molecule has 2 rings (SSSR count). The zero-order valence-corrected chi connectivity index (χ0v) is 10.5. The predicted octanol–water partition coefficient (Wildman–Crippen LogP) is 1.06. The molecule has 1 saturated carbocycles. The standard InChI is InChI=1S/C12H20N4O/c1-16(2)12(5-3-4-6-12)9-15-10-11(17)14-8-7-13-10/h7-8H,3-6,9H2,1-2H3,(H,13,15)(H,14,17). The van der Waals surface area contributed by atoms with Crippen LogP contribution in [0.2, 0.25) is 0 Å². The third-order valence-corrected chi connectivity index (χ3v) is 3.78. The molecular formula is C12H20N4O. The van der Waals surface area contributed by atoms with Gasteiger partial charge in [-0.3, -0.25) is 4.79 Å². The van der Waals surface area contributed by atoms with Gasteiger partial charge in [0.25, 0.3) is 5.56 Å². The maximum absolute atomic E-state index is 11.5. The van der Waals surface area contributed by atoms with Crippen LogP contribution < -0.4 is 10.9 Å². The Morgan fingerprint density at radius 2 is 2.18 bits per heavy atom. The minimum atomic E-state index is -0.153. The highest BCUT2D eigenvalue weighted by atomic mass is 16.1. The van der Waals surface area contributed by atoms with Gasteiger partial charge in [0, 0.05) is 24.5 Å². The van der Waals surface area contributed by atoms with Gasteiger partial charge in [-0.1, -0.05) is 12.8 Å². The van der Waals surface area contributed by atoms with Crippen molar-refractivity contribution in [1.82, 2.24) is 14.9 Å². The molecule has 0 atom stereocenters. The summed E-state index contributed by atoms with van der Waals surface area (Å²) in [6, 6.07) is 0. The lowest BCUT2D eigenvalue weighted by Crippen LogP contribution is -2.47. The summed E-state index contributed by atoms with van der Waals surface area (Å²) in [7, 11) is 4.21. The lowest BCUT2D eigenvalue weighted by Gasteiger charge is -2.36. The van der Waals surface area contributed by atoms with Gasteiger partial charge in [0.05, 0.1) is 0 Å². The molecule has 0 radical (unpaired) electrons. The highest BCUT2D eigenvalue weighted by molar-refractivity contribution is 5.31. The molecule has 2 N–H and O–H groups in total. The van der Waals surface area contributed by atoms with Crippen LogP contribution in [0.25, 0.3) is 0 Å². The van der Waals surface area contributed by atoms with Crippen LogP contribution in [-0.4, -0.2) is 41.0 Å². The fourth-order valence-electron chi connectivity index (χ4n) is 2.54. The number of hydrogen-bond donors (Lipinski definition) is 2. The van der Waals surface area contributed by atoms with E-state index in [1.807, 2.05) is 0 Å². The van der Waals surface area contributed by atoms with Gasteiger partial charge in [0.15, 0.2) is 5.82 Å². The van der Waals surface area contributed by atoms with Crippen molar-refractivity contribution in [2.45, 2.75) is 31.2 Å². The van der Waals surface area contributed by atoms with Gasteiger partial charge < -0.3 is 15.2 Å². The molecule has 1 heterocycles. The lowest BCUT2D eigenvalue weighted by atomic mass is 9.96. The van der Waals surface area contributed by atoms with E-state index >= 15 is 0 Å². The van der Waals surface area contributed by atoms with E-state index in [2.05, 4.69) is 34.3 Å². The van der Waals surface area contributed by atoms with Crippen molar-refractivity contribution >= 4 is 5.82 Å². The van der Waals surface area contributed by atoms with Crippen molar-refractivity contribution < 1.29 is 0 Å². The molecule has 1 aliphatic rings. The summed E-state index contributed by atoms with van der Waals surface area (Å²) in [6.45, 7) is 0.778. The van der Waals surface area contributed by atoms with Crippen LogP contribution in [0.4, 0.5) is 5.82 Å². The summed E-state index contributed by atoms with van der Waals surface area (Å²) in [6.07, 6.45) is 8.03. The zero-order chi connectivity index (χ0) is 12.3. The fourth-order valence-corrected chi connectivity index (χ4v) is 2.54. The maximum Gasteiger partial charge on any atom is 0.290 e. The first-order valence-electron chi connectivity index (χ1n) is 6.09. The summed E-state index contributed by atoms with van der Waals surface area (Å²) >= 11 is 0. The molecule has 1 aliphatic carbocycles. The minimum Gasteiger partial charge on any atom is -0.364 e. The number of anilines is 1. The molecule has 1 fully saturated rings. The van der Waals surface area contributed by atoms with Crippen LogP contribution in [0, 0.1) is 0 Å². The van der Waals surface area contributed by atoms with E-state index in [-0.39, 0.29) is 11.1 Å². The van der Waals surface area contributed by atoms with Crippen LogP contribution in [0.1, 0.15) is 25.7 Å². The number of hydrogen-bond acceptors (Lipinski definition) is 4. The Bertz CT molecular complexity index is 421. The number of likely N-dealkylation sites (N-methyl/N-ethyl adjacent to an activating group) is 1. The van der Waals surface area contributed by atoms with E-state index in [9.17, 15) is 4.79 Å². The van der Waals surface area contributed by atoms with Crippen LogP contribution >= 0.6 is 0 Å². The van der Waals surface area contributed by atoms with Crippen LogP contribution in [0.15, 0.2) is 17.2 Å². The molecular weight excluding hydrogens is 216 g/mol. The molecule has 0 saturated heterocycles. The highest BCUT2D eigenvalue weighted by Crippen LogP contribution is 2.33. The Kier molecular flexibility index (Phi) is 3.47. The lowest BCUT2D eigenvalue weighted by molar-refractivity contribution is 0.172. The van der Waals surface area contributed by atoms with Gasteiger partial charge in [-0.15, -0.1) is 0 Å². The summed E-state index contributed by atoms with van der Waals surface area (Å²) in [5, 5.41) is 3.18. The number of aromatic nitrogens is 2. The van der Waals surface area contributed by atoms with Gasteiger partial charge in [-0.05, 0) is 26.9 Å². The average Bonchev–Trinajstić information content (AvgIpc) is 2.78. The topological polar surface area (TPSA) is 61.0 Å². The van der Waals surface area contributed by atoms with Crippen LogP contribution in [0.3, 0.4) is 0 Å². The van der Waals surface area contributed by atoms with Crippen molar-refractivity contribution in [3.05, 3.63) is 22.7 Å². The van der Waals surface area contributed by atoms with Crippen molar-refractivity contribution in [3.63, 3.8) is 0 Å². The first-order chi connectivity index (χ1) is 8.14. The second kappa shape index (κ2) is 4.87. The molecule has 0 bridgehead atoms. The Morgan fingerprint density at radius 3 is 2.76 bits per heavy atom. The van der Waals surface area contributed by atoms with Gasteiger partial charge in [0.2, 0.25) is 0 Å². The van der Waals surface area contributed by atoms with E-state index in [1.165, 1.54) is 25.7 Å². The van der Waals surface area contributed by atoms with E-state index < -0.39 is 0 Å². The van der Waals surface area contributed by atoms with Gasteiger partial charge in [-0.25, -0.2) is 4.98 Å². The Balaban J connectivity index is 2.06. The number of aromatic amines is 1. The van der Waals surface area contributed by atoms with Crippen molar-refractivity contribution in [1.29, 1.82) is 0 Å². The molecule has 17 heavy (non-hydrogen) atoms. The molecule has 1 aromatic rings. The SMILES string of the molecule is CN(C)C1(CNc2ncc[nH]c2=O)CCCC1. The van der Waals surface area contributed by atoms with Crippen molar-refractivity contribution in [2.24, 2.45) is 0 Å². The van der Waals surface area contributed by atoms with E-state index in [4.69, 9.17) is 0 Å². The Morgan fingerprint density at radius 1 is 1.47 bits per heavy atom. The largest absolute Gasteiger partial charge is 0.364 e. The molecule has 5 nitrogen and oxygen atoms in total. The Labute approximate surface area is 101 Å². The number of nitrogens with zero attached hydrogens (tertiary/aromatic N) is 2. The number of H-pyrrole nitrogens is 1. The van der Waals surface area contributed by atoms with Gasteiger partial charge in [0.1, 0.15) is 0 Å². The summed E-state index contributed by atoms with van der Waals surface area (Å²) < 4.78 is 0. The third kappa shape index (κ3) is 2.49. The second-order valence-corrected chi connectivity index (χ2v) is 4.95. The second-order valence-electron chi connectivity index (χ2n) is 4.95. The highest BCUT2D eigenvalue weighted by Gasteiger charge is 2.35. The normalized spacial score (nSPS) is 18.5. The first-order valence-corrected chi connectivity index (χ1v) is 6.09. The summed E-state index contributed by atoms with van der Waals surface area (Å²) in [5.41, 5.74) is 0.0173. The Hall–Kier alpha value is -1.36. The smallest absolute Gasteiger partial charge is 0.290 e. The van der Waals surface area contributed by atoms with Gasteiger partial charge >= 0.3 is 0 Å². The summed E-state index contributed by atoms with van der Waals surface area (Å²) in [5.74, 6) is 0.417. The van der Waals surface area contributed by atoms with Crippen molar-refractivity contribution in [3.8, 4) is 0 Å². The van der Waals surface area contributed by atoms with Crippen molar-refractivity contribution in [2.75, 3.05) is 26.0 Å². The average molecular weight is 236 g/mol. The monoisotopic (exact) mass is 236 g/mol. The predicted molar refractivity (Wildman–Crippen MR) is 68.2 cm³/mol. The molecule has 0 amide bonds. The van der Waals surface area contributed by atoms with Gasteiger partial charge in [-0.2, -0.15) is 0 Å². The summed E-state index contributed by atoms with van der Waals surface area (Å²) in [4.78, 5) is 20.5. The third-order valence-electron chi connectivity index (χ3n) is 3.78. The number of rotatable bonds is 4. The molecule has 94 valence electrons. The molecule has 0 aliphatic heterocycles. The fraction of sp³-hybridized carbons (Fsp3) is 0.667. The zero-order valence-electron chi connectivity index (χ0n) is 10.5.